The fourth-order valence-electron chi connectivity index (χ4n) is 2.16. The van der Waals surface area contributed by atoms with Crippen molar-refractivity contribution in [3.05, 3.63) is 24.4 Å². The highest BCUT2D eigenvalue weighted by molar-refractivity contribution is 7.93. The molecule has 0 aromatic carbocycles. The highest BCUT2D eigenvalue weighted by Crippen LogP contribution is 2.21. The number of sulfone groups is 1. The Labute approximate surface area is 167 Å². The maximum absolute atomic E-state index is 12.6. The number of hydrogen-bond donors (Lipinski definition) is 2. The second-order valence-corrected chi connectivity index (χ2v) is 9.14. The molecule has 12 nitrogen and oxygen atoms in total. The third-order valence-electron chi connectivity index (χ3n) is 3.35. The van der Waals surface area contributed by atoms with Gasteiger partial charge in [-0.1, -0.05) is 6.92 Å². The fraction of sp³-hybridized carbons (Fsp3) is 0.333. The van der Waals surface area contributed by atoms with Crippen molar-refractivity contribution >= 4 is 31.8 Å². The van der Waals surface area contributed by atoms with Gasteiger partial charge in [-0.05, 0) is 18.6 Å². The Morgan fingerprint density at radius 2 is 1.72 bits per heavy atom. The van der Waals surface area contributed by atoms with Crippen LogP contribution in [-0.4, -0.2) is 57.8 Å². The monoisotopic (exact) mass is 445 g/mol. The van der Waals surface area contributed by atoms with Crippen molar-refractivity contribution in [2.75, 3.05) is 25.3 Å². The highest BCUT2D eigenvalue weighted by atomic mass is 32.2. The summed E-state index contributed by atoms with van der Waals surface area (Å²) in [5.41, 5.74) is 0. The Kier molecular flexibility index (Phi) is 6.92. The van der Waals surface area contributed by atoms with E-state index in [0.717, 1.165) is 12.3 Å². The second kappa shape index (κ2) is 9.00. The Bertz CT molecular complexity index is 1080. The predicted octanol–water partition coefficient (Wildman–Crippen LogP) is 0.583. The van der Waals surface area contributed by atoms with E-state index < -0.39 is 35.8 Å². The molecule has 0 saturated heterocycles. The number of nitrogens with zero attached hydrogens (tertiary/aromatic N) is 3. The summed E-state index contributed by atoms with van der Waals surface area (Å²) < 4.78 is 61.3. The number of aromatic nitrogens is 3. The number of pyridine rings is 1. The summed E-state index contributed by atoms with van der Waals surface area (Å²) in [6.45, 7) is 1.64. The summed E-state index contributed by atoms with van der Waals surface area (Å²) in [7, 11) is -5.86. The van der Waals surface area contributed by atoms with Crippen molar-refractivity contribution in [2.24, 2.45) is 0 Å². The maximum Gasteiger partial charge on any atom is 0.335 e. The van der Waals surface area contributed by atoms with Crippen molar-refractivity contribution in [1.82, 2.24) is 19.7 Å². The number of rotatable bonds is 8. The largest absolute Gasteiger partial charge is 0.481 e. The first kappa shape index (κ1) is 22.3. The molecule has 2 aromatic rings. The smallest absolute Gasteiger partial charge is 0.335 e. The lowest BCUT2D eigenvalue weighted by molar-refractivity contribution is 0.256. The predicted molar refractivity (Wildman–Crippen MR) is 101 cm³/mol. The van der Waals surface area contributed by atoms with E-state index in [0.29, 0.717) is 0 Å². The van der Waals surface area contributed by atoms with Crippen LogP contribution in [0.2, 0.25) is 0 Å². The normalized spacial score (nSPS) is 11.6. The van der Waals surface area contributed by atoms with E-state index in [2.05, 4.69) is 20.3 Å². The zero-order valence-electron chi connectivity index (χ0n) is 15.7. The van der Waals surface area contributed by atoms with Crippen LogP contribution in [0.4, 0.5) is 10.7 Å². The minimum absolute atomic E-state index is 0.0627. The van der Waals surface area contributed by atoms with Crippen molar-refractivity contribution in [3.8, 4) is 11.8 Å². The number of amides is 2. The summed E-state index contributed by atoms with van der Waals surface area (Å²) in [6, 6.07) is 2.52. The van der Waals surface area contributed by atoms with E-state index in [-0.39, 0.29) is 29.9 Å². The molecule has 0 aliphatic rings. The number of methoxy groups -OCH3 is 2. The van der Waals surface area contributed by atoms with Gasteiger partial charge < -0.3 is 9.47 Å². The Hall–Kier alpha value is -3.00. The van der Waals surface area contributed by atoms with Crippen LogP contribution in [0.25, 0.3) is 0 Å². The van der Waals surface area contributed by atoms with Gasteiger partial charge in [-0.3, -0.25) is 5.32 Å². The second-order valence-electron chi connectivity index (χ2n) is 5.46. The molecular weight excluding hydrogens is 426 g/mol. The fourth-order valence-corrected chi connectivity index (χ4v) is 5.16. The number of carbonyl (C=O) groups excluding carboxylic acids is 1. The van der Waals surface area contributed by atoms with E-state index >= 15 is 0 Å². The molecule has 2 aromatic heterocycles. The number of hydrogen-bond acceptors (Lipinski definition) is 10. The van der Waals surface area contributed by atoms with Crippen LogP contribution in [0.3, 0.4) is 0 Å². The molecule has 2 amide bonds. The third kappa shape index (κ3) is 5.51. The van der Waals surface area contributed by atoms with Gasteiger partial charge in [0.2, 0.25) is 17.7 Å². The molecule has 0 saturated carbocycles. The van der Waals surface area contributed by atoms with Crippen molar-refractivity contribution < 1.29 is 31.1 Å². The van der Waals surface area contributed by atoms with Crippen molar-refractivity contribution in [1.29, 1.82) is 0 Å². The average Bonchev–Trinajstić information content (AvgIpc) is 2.67. The first-order chi connectivity index (χ1) is 13.6. The first-order valence-corrected chi connectivity index (χ1v) is 11.2. The Morgan fingerprint density at radius 1 is 1.10 bits per heavy atom. The number of sulfonamides is 1. The van der Waals surface area contributed by atoms with Crippen LogP contribution in [0.5, 0.6) is 11.8 Å². The maximum atomic E-state index is 12.6. The van der Waals surface area contributed by atoms with Crippen molar-refractivity contribution in [3.63, 3.8) is 0 Å². The number of ether oxygens (including phenoxy) is 2. The molecule has 0 atom stereocenters. The number of nitrogens with one attached hydrogen (secondary N) is 2. The molecule has 0 unspecified atom stereocenters. The zero-order chi connectivity index (χ0) is 21.7. The zero-order valence-corrected chi connectivity index (χ0v) is 17.4. The molecule has 2 N–H and O–H groups in total. The molecule has 14 heteroatoms. The van der Waals surface area contributed by atoms with Crippen LogP contribution in [-0.2, 0) is 19.9 Å². The minimum atomic E-state index is -4.61. The van der Waals surface area contributed by atoms with Gasteiger partial charge in [-0.15, -0.1) is 0 Å². The lowest BCUT2D eigenvalue weighted by atomic mass is 10.5. The quantitative estimate of drug-likeness (QED) is 0.586. The third-order valence-corrected chi connectivity index (χ3v) is 6.71. The summed E-state index contributed by atoms with van der Waals surface area (Å²) in [6.07, 6.45) is 1.38. The summed E-state index contributed by atoms with van der Waals surface area (Å²) in [5.74, 6) is -0.445. The Morgan fingerprint density at radius 3 is 2.28 bits per heavy atom. The average molecular weight is 445 g/mol. The van der Waals surface area contributed by atoms with Gasteiger partial charge in [0.05, 0.1) is 26.0 Å². The van der Waals surface area contributed by atoms with E-state index in [4.69, 9.17) is 9.47 Å². The molecule has 2 rings (SSSR count). The van der Waals surface area contributed by atoms with E-state index in [1.165, 1.54) is 26.4 Å². The Balaban J connectivity index is 2.30. The summed E-state index contributed by atoms with van der Waals surface area (Å²) in [5, 5.41) is 1.33. The highest BCUT2D eigenvalue weighted by Gasteiger charge is 2.29. The molecule has 158 valence electrons. The van der Waals surface area contributed by atoms with Crippen LogP contribution in [0, 0.1) is 0 Å². The van der Waals surface area contributed by atoms with Gasteiger partial charge in [-0.25, -0.2) is 22.9 Å². The molecule has 0 spiro atoms. The molecular formula is C15H19N5O7S2. The van der Waals surface area contributed by atoms with Gasteiger partial charge >= 0.3 is 6.03 Å². The van der Waals surface area contributed by atoms with Crippen LogP contribution in [0.15, 0.2) is 34.3 Å². The summed E-state index contributed by atoms with van der Waals surface area (Å²) in [4.78, 5) is 22.9. The van der Waals surface area contributed by atoms with Crippen molar-refractivity contribution in [2.45, 2.75) is 23.3 Å². The van der Waals surface area contributed by atoms with E-state index in [1.807, 2.05) is 0 Å². The SMILES string of the molecule is CCCS(=O)(=O)c1cccnc1S(=O)(=O)NC(=O)Nc1nc(OC)cc(OC)n1. The topological polar surface area (TPSA) is 167 Å². The van der Waals surface area contributed by atoms with E-state index in [9.17, 15) is 21.6 Å². The lowest BCUT2D eigenvalue weighted by Gasteiger charge is -2.11. The first-order valence-electron chi connectivity index (χ1n) is 8.11. The molecule has 0 radical (unpaired) electrons. The molecule has 29 heavy (non-hydrogen) atoms. The molecule has 0 aliphatic carbocycles. The van der Waals surface area contributed by atoms with Gasteiger partial charge in [0.15, 0.2) is 14.9 Å². The van der Waals surface area contributed by atoms with Crippen LogP contribution >= 0.6 is 0 Å². The molecule has 0 bridgehead atoms. The number of urea groups is 1. The van der Waals surface area contributed by atoms with Gasteiger partial charge in [-0.2, -0.15) is 18.4 Å². The minimum Gasteiger partial charge on any atom is -0.481 e. The van der Waals surface area contributed by atoms with E-state index in [1.54, 1.807) is 11.6 Å². The molecule has 0 fully saturated rings. The van der Waals surface area contributed by atoms with Gasteiger partial charge in [0.1, 0.15) is 4.90 Å². The molecule has 0 aliphatic heterocycles. The number of anilines is 1. The summed E-state index contributed by atoms with van der Waals surface area (Å²) >= 11 is 0. The molecule has 2 heterocycles. The van der Waals surface area contributed by atoms with Gasteiger partial charge in [0, 0.05) is 6.20 Å². The number of carbonyl (C=O) groups is 1. The van der Waals surface area contributed by atoms with Crippen LogP contribution in [0.1, 0.15) is 13.3 Å². The van der Waals surface area contributed by atoms with Crippen LogP contribution < -0.4 is 19.5 Å². The van der Waals surface area contributed by atoms with Gasteiger partial charge in [0.25, 0.3) is 10.0 Å². The standard InChI is InChI=1S/C15H19N5O7S2/c1-4-8-28(22,23)10-6-5-7-16-13(10)29(24,25)20-15(21)19-14-17-11(26-2)9-12(18-14)27-3/h5-7,9H,4,8H2,1-3H3,(H2,17,18,19,20,21). The lowest BCUT2D eigenvalue weighted by Crippen LogP contribution is -2.36.